The van der Waals surface area contributed by atoms with Crippen LogP contribution in [0.2, 0.25) is 0 Å². The van der Waals surface area contributed by atoms with Crippen molar-refractivity contribution in [3.8, 4) is 11.5 Å². The van der Waals surface area contributed by atoms with Gasteiger partial charge in [0.15, 0.2) is 5.75 Å². The number of benzene rings is 1. The van der Waals surface area contributed by atoms with E-state index in [0.717, 1.165) is 6.79 Å². The zero-order valence-corrected chi connectivity index (χ0v) is 5.89. The Morgan fingerprint density at radius 2 is 2.17 bits per heavy atom. The van der Waals surface area contributed by atoms with Gasteiger partial charge in [-0.25, -0.2) is 0 Å². The predicted molar refractivity (Wildman–Crippen MR) is 38.7 cm³/mol. The Labute approximate surface area is 67.7 Å². The van der Waals surface area contributed by atoms with Crippen molar-refractivity contribution in [2.75, 3.05) is 0 Å². The minimum Gasteiger partial charge on any atom is -0.444 e. The maximum absolute atomic E-state index is 10.4. The second-order valence-corrected chi connectivity index (χ2v) is 2.19. The van der Waals surface area contributed by atoms with E-state index in [1.165, 1.54) is 6.07 Å². The van der Waals surface area contributed by atoms with Crippen LogP contribution >= 0.6 is 0 Å². The fourth-order valence-electron chi connectivity index (χ4n) is 0.983. The van der Waals surface area contributed by atoms with Crippen LogP contribution in [-0.2, 0) is 0 Å². The molecule has 0 spiro atoms. The number of fused-ring (bicyclic) bond motifs is 1. The number of rotatable bonds is 1. The van der Waals surface area contributed by atoms with Crippen LogP contribution in [0.15, 0.2) is 18.2 Å². The van der Waals surface area contributed by atoms with E-state index in [9.17, 15) is 10.1 Å². The number of nitro benzene ring substituents is 1. The highest BCUT2D eigenvalue weighted by molar-refractivity contribution is 5.57. The number of hydrogen-bond donors (Lipinski definition) is 0. The van der Waals surface area contributed by atoms with Crippen molar-refractivity contribution in [1.29, 1.82) is 0 Å². The fraction of sp³-hybridized carbons (Fsp3) is 0. The Balaban J connectivity index is 2.56. The third kappa shape index (κ3) is 0.868. The van der Waals surface area contributed by atoms with Gasteiger partial charge >= 0.3 is 12.5 Å². The highest BCUT2D eigenvalue weighted by atomic mass is 16.7. The molecule has 61 valence electrons. The summed E-state index contributed by atoms with van der Waals surface area (Å²) in [6.45, 7) is 1.07. The smallest absolute Gasteiger partial charge is 0.316 e. The van der Waals surface area contributed by atoms with E-state index in [4.69, 9.17) is 9.47 Å². The van der Waals surface area contributed by atoms with Crippen molar-refractivity contribution in [2.24, 2.45) is 0 Å². The van der Waals surface area contributed by atoms with Gasteiger partial charge in [0.2, 0.25) is 5.75 Å². The molecule has 1 heterocycles. The van der Waals surface area contributed by atoms with Gasteiger partial charge in [-0.3, -0.25) is 10.1 Å². The first-order valence-electron chi connectivity index (χ1n) is 3.21. The summed E-state index contributed by atoms with van der Waals surface area (Å²) in [5, 5.41) is 10.4. The average molecular weight is 166 g/mol. The van der Waals surface area contributed by atoms with Crippen molar-refractivity contribution in [2.45, 2.75) is 0 Å². The van der Waals surface area contributed by atoms with Crippen molar-refractivity contribution in [3.05, 3.63) is 35.1 Å². The van der Waals surface area contributed by atoms with Crippen molar-refractivity contribution >= 4 is 5.69 Å². The van der Waals surface area contributed by atoms with Crippen LogP contribution in [0.5, 0.6) is 11.5 Å². The van der Waals surface area contributed by atoms with Gasteiger partial charge in [-0.05, 0) is 6.07 Å². The molecule has 0 saturated carbocycles. The first kappa shape index (κ1) is 6.90. The zero-order valence-electron chi connectivity index (χ0n) is 5.89. The summed E-state index contributed by atoms with van der Waals surface area (Å²) in [7, 11) is 0. The maximum atomic E-state index is 10.4. The number of para-hydroxylation sites is 1. The highest BCUT2D eigenvalue weighted by Gasteiger charge is 2.24. The van der Waals surface area contributed by atoms with E-state index in [1.807, 2.05) is 0 Å². The SMILES string of the molecule is O=[N+]([O-])c1cccc2c1O[CH]O2. The monoisotopic (exact) mass is 166 g/mol. The lowest BCUT2D eigenvalue weighted by Crippen LogP contribution is -1.90. The molecule has 1 aromatic rings. The van der Waals surface area contributed by atoms with Crippen LogP contribution in [0.4, 0.5) is 5.69 Å². The summed E-state index contributed by atoms with van der Waals surface area (Å²) >= 11 is 0. The standard InChI is InChI=1S/C7H4NO4/c9-8(10)5-2-1-3-6-7(5)12-4-11-6/h1-4H. The van der Waals surface area contributed by atoms with E-state index >= 15 is 0 Å². The molecule has 1 aromatic carbocycles. The largest absolute Gasteiger partial charge is 0.444 e. The maximum Gasteiger partial charge on any atom is 0.316 e. The van der Waals surface area contributed by atoms with Crippen molar-refractivity contribution < 1.29 is 14.4 Å². The minimum absolute atomic E-state index is 0.0822. The van der Waals surface area contributed by atoms with Gasteiger partial charge in [0.05, 0.1) is 4.92 Å². The molecule has 0 aromatic heterocycles. The molecule has 2 rings (SSSR count). The number of nitro groups is 1. The lowest BCUT2D eigenvalue weighted by atomic mass is 10.3. The van der Waals surface area contributed by atoms with E-state index in [0.29, 0.717) is 5.75 Å². The Morgan fingerprint density at radius 1 is 1.33 bits per heavy atom. The van der Waals surface area contributed by atoms with Crippen molar-refractivity contribution in [3.63, 3.8) is 0 Å². The summed E-state index contributed by atoms with van der Waals surface area (Å²) < 4.78 is 9.64. The Hall–Kier alpha value is -1.78. The average Bonchev–Trinajstić information content (AvgIpc) is 2.49. The summed E-state index contributed by atoms with van der Waals surface area (Å²) in [5.74, 6) is 0.548. The van der Waals surface area contributed by atoms with Gasteiger partial charge in [-0.1, -0.05) is 6.07 Å². The molecule has 0 N–H and O–H groups in total. The normalized spacial score (nSPS) is 13.0. The molecule has 0 amide bonds. The Kier molecular flexibility index (Phi) is 1.36. The van der Waals surface area contributed by atoms with Crippen LogP contribution in [0.1, 0.15) is 0 Å². The molecule has 12 heavy (non-hydrogen) atoms. The molecule has 5 nitrogen and oxygen atoms in total. The van der Waals surface area contributed by atoms with Gasteiger partial charge in [0.25, 0.3) is 0 Å². The van der Waals surface area contributed by atoms with Crippen LogP contribution in [0.25, 0.3) is 0 Å². The molecule has 1 aliphatic heterocycles. The van der Waals surface area contributed by atoms with Crippen LogP contribution < -0.4 is 9.47 Å². The third-order valence-electron chi connectivity index (χ3n) is 1.50. The summed E-state index contributed by atoms with van der Waals surface area (Å²) in [5.41, 5.74) is -0.0822. The number of ether oxygens (including phenoxy) is 2. The quantitative estimate of drug-likeness (QED) is 0.468. The van der Waals surface area contributed by atoms with Gasteiger partial charge < -0.3 is 9.47 Å². The molecule has 0 aliphatic carbocycles. The van der Waals surface area contributed by atoms with Crippen molar-refractivity contribution in [1.82, 2.24) is 0 Å². The topological polar surface area (TPSA) is 61.6 Å². The number of hydrogen-bond acceptors (Lipinski definition) is 4. The summed E-state index contributed by atoms with van der Waals surface area (Å²) in [4.78, 5) is 9.90. The first-order chi connectivity index (χ1) is 5.79. The van der Waals surface area contributed by atoms with Gasteiger partial charge in [-0.15, -0.1) is 0 Å². The van der Waals surface area contributed by atoms with Crippen LogP contribution in [-0.4, -0.2) is 4.92 Å². The molecule has 0 unspecified atom stereocenters. The van der Waals surface area contributed by atoms with Crippen LogP contribution in [0, 0.1) is 16.9 Å². The molecule has 0 saturated heterocycles. The minimum atomic E-state index is -0.513. The fourth-order valence-corrected chi connectivity index (χ4v) is 0.983. The molecule has 1 aliphatic rings. The van der Waals surface area contributed by atoms with E-state index in [2.05, 4.69) is 0 Å². The van der Waals surface area contributed by atoms with Crippen LogP contribution in [0.3, 0.4) is 0 Å². The molecule has 1 radical (unpaired) electrons. The van der Waals surface area contributed by atoms with Gasteiger partial charge in [-0.2, -0.15) is 0 Å². The lowest BCUT2D eigenvalue weighted by molar-refractivity contribution is -0.385. The van der Waals surface area contributed by atoms with E-state index < -0.39 is 4.92 Å². The summed E-state index contributed by atoms with van der Waals surface area (Å²) in [6.07, 6.45) is 0. The second kappa shape index (κ2) is 2.37. The lowest BCUT2D eigenvalue weighted by Gasteiger charge is -1.95. The molecule has 0 bridgehead atoms. The number of nitrogens with zero attached hydrogens (tertiary/aromatic N) is 1. The first-order valence-corrected chi connectivity index (χ1v) is 3.21. The Morgan fingerprint density at radius 3 is 2.92 bits per heavy atom. The predicted octanol–water partition coefficient (Wildman–Crippen LogP) is 1.49. The van der Waals surface area contributed by atoms with Gasteiger partial charge in [0, 0.05) is 6.07 Å². The second-order valence-electron chi connectivity index (χ2n) is 2.19. The molecular weight excluding hydrogens is 162 g/mol. The third-order valence-corrected chi connectivity index (χ3v) is 1.50. The summed E-state index contributed by atoms with van der Waals surface area (Å²) in [6, 6.07) is 4.51. The zero-order chi connectivity index (χ0) is 8.55. The Bertz CT molecular complexity index is 336. The molecule has 0 fully saturated rings. The molecule has 0 atom stereocenters. The molecule has 5 heteroatoms. The van der Waals surface area contributed by atoms with E-state index in [1.54, 1.807) is 12.1 Å². The highest BCUT2D eigenvalue weighted by Crippen LogP contribution is 2.40. The molecular formula is C7H4NO4. The van der Waals surface area contributed by atoms with Gasteiger partial charge in [0.1, 0.15) is 0 Å². The van der Waals surface area contributed by atoms with E-state index in [-0.39, 0.29) is 11.4 Å².